The van der Waals surface area contributed by atoms with Crippen molar-refractivity contribution < 1.29 is 4.79 Å². The second kappa shape index (κ2) is 6.85. The van der Waals surface area contributed by atoms with E-state index in [1.54, 1.807) is 17.8 Å². The van der Waals surface area contributed by atoms with Gasteiger partial charge in [-0.25, -0.2) is 4.68 Å². The second-order valence-corrected chi connectivity index (χ2v) is 7.21. The van der Waals surface area contributed by atoms with Crippen molar-refractivity contribution in [2.45, 2.75) is 5.37 Å². The molecule has 0 spiro atoms. The highest BCUT2D eigenvalue weighted by Crippen LogP contribution is 2.39. The van der Waals surface area contributed by atoms with Gasteiger partial charge >= 0.3 is 0 Å². The van der Waals surface area contributed by atoms with Gasteiger partial charge in [-0.15, -0.1) is 16.9 Å². The van der Waals surface area contributed by atoms with Crippen molar-refractivity contribution >= 4 is 29.3 Å². The summed E-state index contributed by atoms with van der Waals surface area (Å²) in [5.41, 5.74) is 2.41. The van der Waals surface area contributed by atoms with Crippen LogP contribution in [-0.2, 0) is 0 Å². The number of hydrogen-bond donors (Lipinski definition) is 0. The summed E-state index contributed by atoms with van der Waals surface area (Å²) >= 11 is 7.86. The van der Waals surface area contributed by atoms with Crippen LogP contribution in [0.3, 0.4) is 0 Å². The lowest BCUT2D eigenvalue weighted by molar-refractivity contribution is 0.0760. The number of aromatic nitrogens is 4. The molecule has 6 nitrogen and oxygen atoms in total. The molecule has 1 aliphatic rings. The van der Waals surface area contributed by atoms with E-state index in [9.17, 15) is 4.79 Å². The lowest BCUT2D eigenvalue weighted by atomic mass is 10.1. The van der Waals surface area contributed by atoms with Gasteiger partial charge in [0.05, 0.1) is 5.69 Å². The van der Waals surface area contributed by atoms with Gasteiger partial charge in [0.25, 0.3) is 5.91 Å². The molecule has 126 valence electrons. The highest BCUT2D eigenvalue weighted by atomic mass is 35.5. The van der Waals surface area contributed by atoms with E-state index in [2.05, 4.69) is 15.5 Å². The second-order valence-electron chi connectivity index (χ2n) is 5.58. The Balaban J connectivity index is 1.63. The summed E-state index contributed by atoms with van der Waals surface area (Å²) in [7, 11) is 0. The Kier molecular flexibility index (Phi) is 4.42. The molecule has 1 saturated heterocycles. The van der Waals surface area contributed by atoms with Crippen molar-refractivity contribution in [2.75, 3.05) is 12.3 Å². The van der Waals surface area contributed by atoms with Crippen LogP contribution in [0.25, 0.3) is 5.69 Å². The largest absolute Gasteiger partial charge is 0.322 e. The maximum atomic E-state index is 13.1. The molecule has 3 aromatic rings. The topological polar surface area (TPSA) is 63.9 Å². The summed E-state index contributed by atoms with van der Waals surface area (Å²) in [6.45, 7) is 0.704. The number of halogens is 1. The first kappa shape index (κ1) is 16.1. The number of benzene rings is 2. The number of tetrazole rings is 1. The molecule has 4 rings (SSSR count). The van der Waals surface area contributed by atoms with E-state index in [1.165, 1.54) is 11.0 Å². The minimum atomic E-state index is -0.0251. The van der Waals surface area contributed by atoms with Gasteiger partial charge in [0.15, 0.2) is 0 Å². The van der Waals surface area contributed by atoms with Gasteiger partial charge in [-0.1, -0.05) is 29.8 Å². The monoisotopic (exact) mass is 371 g/mol. The van der Waals surface area contributed by atoms with E-state index in [0.29, 0.717) is 17.1 Å². The van der Waals surface area contributed by atoms with Crippen LogP contribution in [0.4, 0.5) is 0 Å². The zero-order valence-electron chi connectivity index (χ0n) is 13.1. The Morgan fingerprint density at radius 1 is 1.20 bits per heavy atom. The first-order valence-electron chi connectivity index (χ1n) is 7.74. The first-order valence-corrected chi connectivity index (χ1v) is 9.16. The lowest BCUT2D eigenvalue weighted by Crippen LogP contribution is -2.30. The van der Waals surface area contributed by atoms with E-state index >= 15 is 0 Å². The van der Waals surface area contributed by atoms with E-state index in [4.69, 9.17) is 11.6 Å². The molecule has 25 heavy (non-hydrogen) atoms. The molecule has 0 aliphatic carbocycles. The van der Waals surface area contributed by atoms with Crippen LogP contribution in [0.15, 0.2) is 54.9 Å². The SMILES string of the molecule is O=C(c1cccc(-n2cnnn2)c1)N1CCSC1c1cccc(Cl)c1. The van der Waals surface area contributed by atoms with Crippen molar-refractivity contribution in [3.8, 4) is 5.69 Å². The molecule has 1 aliphatic heterocycles. The third-order valence-corrected chi connectivity index (χ3v) is 5.49. The summed E-state index contributed by atoms with van der Waals surface area (Å²) in [4.78, 5) is 14.9. The predicted octanol–water partition coefficient (Wildman–Crippen LogP) is 3.20. The molecule has 0 bridgehead atoms. The fourth-order valence-corrected chi connectivity index (χ4v) is 4.29. The molecule has 2 aromatic carbocycles. The highest BCUT2D eigenvalue weighted by molar-refractivity contribution is 7.99. The van der Waals surface area contributed by atoms with Crippen LogP contribution < -0.4 is 0 Å². The number of nitrogens with zero attached hydrogens (tertiary/aromatic N) is 5. The normalized spacial score (nSPS) is 17.0. The standard InChI is InChI=1S/C17H14ClN5OS/c18-14-5-1-4-13(9-14)17-22(7-8-25-17)16(24)12-3-2-6-15(10-12)23-11-19-20-21-23/h1-6,9-11,17H,7-8H2. The number of carbonyl (C=O) groups is 1. The van der Waals surface area contributed by atoms with Crippen LogP contribution in [-0.4, -0.2) is 43.3 Å². The Morgan fingerprint density at radius 3 is 2.88 bits per heavy atom. The molecule has 1 atom stereocenters. The zero-order chi connectivity index (χ0) is 17.2. The third kappa shape index (κ3) is 3.25. The summed E-state index contributed by atoms with van der Waals surface area (Å²) in [5.74, 6) is 0.889. The van der Waals surface area contributed by atoms with Crippen molar-refractivity contribution in [2.24, 2.45) is 0 Å². The molecule has 1 fully saturated rings. The first-order chi connectivity index (χ1) is 12.2. The smallest absolute Gasteiger partial charge is 0.255 e. The molecule has 0 radical (unpaired) electrons. The average Bonchev–Trinajstić information content (AvgIpc) is 3.33. The van der Waals surface area contributed by atoms with Crippen LogP contribution in [0.5, 0.6) is 0 Å². The maximum Gasteiger partial charge on any atom is 0.255 e. The molecule has 0 saturated carbocycles. The minimum absolute atomic E-state index is 0.00935. The average molecular weight is 372 g/mol. The van der Waals surface area contributed by atoms with Gasteiger partial charge in [-0.3, -0.25) is 4.79 Å². The fraction of sp³-hybridized carbons (Fsp3) is 0.176. The number of carbonyl (C=O) groups excluding carboxylic acids is 1. The van der Waals surface area contributed by atoms with Gasteiger partial charge in [0.1, 0.15) is 11.7 Å². The van der Waals surface area contributed by atoms with E-state index in [0.717, 1.165) is 17.0 Å². The molecule has 8 heteroatoms. The Bertz CT molecular complexity index is 902. The third-order valence-electron chi connectivity index (χ3n) is 3.99. The Hall–Kier alpha value is -2.38. The Labute approximate surface area is 153 Å². The number of hydrogen-bond acceptors (Lipinski definition) is 5. The number of amides is 1. The van der Waals surface area contributed by atoms with Crippen molar-refractivity contribution in [3.05, 3.63) is 71.0 Å². The summed E-state index contributed by atoms with van der Waals surface area (Å²) in [6.07, 6.45) is 1.50. The lowest BCUT2D eigenvalue weighted by Gasteiger charge is -2.24. The number of thioether (sulfide) groups is 1. The van der Waals surface area contributed by atoms with E-state index in [-0.39, 0.29) is 11.3 Å². The van der Waals surface area contributed by atoms with E-state index in [1.807, 2.05) is 47.4 Å². The molecule has 2 heterocycles. The molecule has 1 amide bonds. The Morgan fingerprint density at radius 2 is 2.08 bits per heavy atom. The van der Waals surface area contributed by atoms with Gasteiger partial charge in [-0.2, -0.15) is 0 Å². The minimum Gasteiger partial charge on any atom is -0.322 e. The molecule has 0 N–H and O–H groups in total. The van der Waals surface area contributed by atoms with Gasteiger partial charge < -0.3 is 4.90 Å². The van der Waals surface area contributed by atoms with Crippen LogP contribution in [0.2, 0.25) is 5.02 Å². The molecular formula is C17H14ClN5OS. The van der Waals surface area contributed by atoms with Crippen LogP contribution in [0.1, 0.15) is 21.3 Å². The fourth-order valence-electron chi connectivity index (χ4n) is 2.84. The van der Waals surface area contributed by atoms with E-state index < -0.39 is 0 Å². The van der Waals surface area contributed by atoms with Crippen LogP contribution >= 0.6 is 23.4 Å². The van der Waals surface area contributed by atoms with Crippen LogP contribution in [0, 0.1) is 0 Å². The van der Waals surface area contributed by atoms with Crippen molar-refractivity contribution in [1.29, 1.82) is 0 Å². The summed E-state index contributed by atoms with van der Waals surface area (Å²) in [6, 6.07) is 15.0. The zero-order valence-corrected chi connectivity index (χ0v) is 14.7. The summed E-state index contributed by atoms with van der Waals surface area (Å²) < 4.78 is 1.53. The molecule has 1 aromatic heterocycles. The van der Waals surface area contributed by atoms with Gasteiger partial charge in [0, 0.05) is 22.9 Å². The number of rotatable bonds is 3. The molecular weight excluding hydrogens is 358 g/mol. The predicted molar refractivity (Wildman–Crippen MR) is 96.8 cm³/mol. The molecule has 1 unspecified atom stereocenters. The van der Waals surface area contributed by atoms with Gasteiger partial charge in [-0.05, 0) is 46.3 Å². The van der Waals surface area contributed by atoms with Gasteiger partial charge in [0.2, 0.25) is 0 Å². The maximum absolute atomic E-state index is 13.1. The van der Waals surface area contributed by atoms with Crippen molar-refractivity contribution in [1.82, 2.24) is 25.1 Å². The highest BCUT2D eigenvalue weighted by Gasteiger charge is 2.31. The quantitative estimate of drug-likeness (QED) is 0.707. The summed E-state index contributed by atoms with van der Waals surface area (Å²) in [5, 5.41) is 11.8. The van der Waals surface area contributed by atoms with Crippen molar-refractivity contribution in [3.63, 3.8) is 0 Å².